The second-order valence-electron chi connectivity index (χ2n) is 11.0. The second kappa shape index (κ2) is 8.90. The highest BCUT2D eigenvalue weighted by atomic mass is 28.3. The quantitative estimate of drug-likeness (QED) is 0.238. The summed E-state index contributed by atoms with van der Waals surface area (Å²) in [4.78, 5) is 0. The van der Waals surface area contributed by atoms with Crippen molar-refractivity contribution in [2.45, 2.75) is 25.8 Å². The van der Waals surface area contributed by atoms with Crippen molar-refractivity contribution in [1.29, 1.82) is 0 Å². The van der Waals surface area contributed by atoms with Crippen LogP contribution in [-0.4, -0.2) is 15.2 Å². The van der Waals surface area contributed by atoms with Gasteiger partial charge in [-0.3, -0.25) is 0 Å². The Labute approximate surface area is 221 Å². The van der Waals surface area contributed by atoms with Crippen LogP contribution in [0.25, 0.3) is 33.4 Å². The topological polar surface area (TPSA) is 9.23 Å². The number of methoxy groups -OCH3 is 1. The van der Waals surface area contributed by atoms with Gasteiger partial charge in [0.25, 0.3) is 0 Å². The fourth-order valence-corrected chi connectivity index (χ4v) is 12.6. The van der Waals surface area contributed by atoms with Gasteiger partial charge in [0, 0.05) is 0 Å². The van der Waals surface area contributed by atoms with Crippen molar-refractivity contribution in [2.75, 3.05) is 7.11 Å². The first-order valence-electron chi connectivity index (χ1n) is 13.0. The Morgan fingerprint density at radius 1 is 0.541 bits per heavy atom. The first-order chi connectivity index (χ1) is 17.9. The summed E-state index contributed by atoms with van der Waals surface area (Å²) in [6.07, 6.45) is 0. The van der Waals surface area contributed by atoms with Crippen molar-refractivity contribution in [1.82, 2.24) is 0 Å². The fourth-order valence-electron chi connectivity index (χ4n) is 6.42. The summed E-state index contributed by atoms with van der Waals surface area (Å²) in [6.45, 7) is 7.28. The Kier molecular flexibility index (Phi) is 5.65. The van der Waals surface area contributed by atoms with E-state index in [1.807, 2.05) is 7.11 Å². The molecule has 0 N–H and O–H groups in total. The molecule has 0 saturated heterocycles. The number of hydrogen-bond donors (Lipinski definition) is 0. The molecule has 6 rings (SSSR count). The minimum atomic E-state index is -2.57. The molecule has 1 aliphatic rings. The van der Waals surface area contributed by atoms with Gasteiger partial charge in [0.15, 0.2) is 8.07 Å². The lowest BCUT2D eigenvalue weighted by Crippen LogP contribution is -2.70. The van der Waals surface area contributed by atoms with E-state index in [4.69, 9.17) is 4.74 Å². The van der Waals surface area contributed by atoms with Gasteiger partial charge in [-0.15, -0.1) is 0 Å². The van der Waals surface area contributed by atoms with Gasteiger partial charge in [0.05, 0.1) is 7.11 Å². The maximum Gasteiger partial charge on any atom is 0.159 e. The third-order valence-electron chi connectivity index (χ3n) is 7.97. The molecule has 0 saturated carbocycles. The van der Waals surface area contributed by atoms with E-state index in [0.29, 0.717) is 0 Å². The maximum atomic E-state index is 6.12. The van der Waals surface area contributed by atoms with Gasteiger partial charge < -0.3 is 4.74 Å². The lowest BCUT2D eigenvalue weighted by molar-refractivity contribution is 0.418. The molecule has 5 aromatic rings. The summed E-state index contributed by atoms with van der Waals surface area (Å²) in [5.74, 6) is 1.00. The van der Waals surface area contributed by atoms with E-state index in [1.165, 1.54) is 48.9 Å². The Bertz CT molecular complexity index is 1580. The van der Waals surface area contributed by atoms with Gasteiger partial charge in [-0.25, -0.2) is 0 Å². The number of fused-ring (bicyclic) bond motifs is 3. The summed E-state index contributed by atoms with van der Waals surface area (Å²) < 4.78 is 6.12. The molecule has 0 fully saturated rings. The van der Waals surface area contributed by atoms with E-state index in [9.17, 15) is 0 Å². The highest BCUT2D eigenvalue weighted by Gasteiger charge is 2.56. The van der Waals surface area contributed by atoms with E-state index in [2.05, 4.69) is 142 Å². The van der Waals surface area contributed by atoms with Crippen LogP contribution in [0.3, 0.4) is 0 Å². The van der Waals surface area contributed by atoms with Crippen LogP contribution in [0.2, 0.25) is 5.04 Å². The molecule has 1 atom stereocenters. The standard InChI is InChI=1S/C35H32OSi/c1-35(2,3)37(29-18-11-17-27(23-29)25-13-7-5-8-14-25)33-24-28(26-15-9-6-10-16-26)21-22-30(33)31-19-12-20-32(36-4)34(31)37/h5-24H,1-4H3/t37-/m1/s1. The zero-order valence-corrected chi connectivity index (χ0v) is 23.0. The predicted octanol–water partition coefficient (Wildman–Crippen LogP) is 7.28. The summed E-state index contributed by atoms with van der Waals surface area (Å²) in [5.41, 5.74) is 7.70. The summed E-state index contributed by atoms with van der Waals surface area (Å²) >= 11 is 0. The number of hydrogen-bond acceptors (Lipinski definition) is 1. The molecule has 182 valence electrons. The summed E-state index contributed by atoms with van der Waals surface area (Å²) in [7, 11) is -0.755. The Morgan fingerprint density at radius 2 is 1.14 bits per heavy atom. The zero-order valence-electron chi connectivity index (χ0n) is 22.0. The molecule has 2 heteroatoms. The molecule has 1 heterocycles. The van der Waals surface area contributed by atoms with Gasteiger partial charge in [0.2, 0.25) is 0 Å². The molecule has 1 nitrogen and oxygen atoms in total. The molecule has 0 unspecified atom stereocenters. The van der Waals surface area contributed by atoms with E-state index in [0.717, 1.165) is 5.75 Å². The van der Waals surface area contributed by atoms with Crippen molar-refractivity contribution in [3.8, 4) is 39.1 Å². The van der Waals surface area contributed by atoms with Crippen molar-refractivity contribution in [3.63, 3.8) is 0 Å². The second-order valence-corrected chi connectivity index (χ2v) is 15.6. The zero-order chi connectivity index (χ0) is 25.6. The Morgan fingerprint density at radius 3 is 1.76 bits per heavy atom. The SMILES string of the molecule is COc1cccc2c1[Si@](c1cccc(-c3ccccc3)c1)(C(C)(C)C)c1cc(-c3ccccc3)ccc1-2. The first kappa shape index (κ1) is 23.5. The van der Waals surface area contributed by atoms with Crippen molar-refractivity contribution < 1.29 is 4.74 Å². The van der Waals surface area contributed by atoms with Crippen LogP contribution in [0.4, 0.5) is 0 Å². The average Bonchev–Trinajstić information content (AvgIpc) is 3.25. The van der Waals surface area contributed by atoms with Gasteiger partial charge in [-0.05, 0) is 60.0 Å². The largest absolute Gasteiger partial charge is 0.497 e. The monoisotopic (exact) mass is 496 g/mol. The number of ether oxygens (including phenoxy) is 1. The third kappa shape index (κ3) is 3.59. The van der Waals surface area contributed by atoms with Crippen LogP contribution in [0.1, 0.15) is 20.8 Å². The minimum absolute atomic E-state index is 0.00768. The average molecular weight is 497 g/mol. The van der Waals surface area contributed by atoms with Crippen molar-refractivity contribution in [2.24, 2.45) is 0 Å². The van der Waals surface area contributed by atoms with Crippen molar-refractivity contribution in [3.05, 3.63) is 121 Å². The molecule has 1 aliphatic heterocycles. The first-order valence-corrected chi connectivity index (χ1v) is 15.0. The fraction of sp³-hybridized carbons (Fsp3) is 0.143. The predicted molar refractivity (Wildman–Crippen MR) is 160 cm³/mol. The van der Waals surface area contributed by atoms with Crippen LogP contribution in [0, 0.1) is 0 Å². The molecule has 0 amide bonds. The van der Waals surface area contributed by atoms with Crippen LogP contribution in [0.5, 0.6) is 5.75 Å². The molecule has 0 spiro atoms. The van der Waals surface area contributed by atoms with E-state index in [-0.39, 0.29) is 5.04 Å². The minimum Gasteiger partial charge on any atom is -0.497 e. The molecular weight excluding hydrogens is 464 g/mol. The molecule has 0 radical (unpaired) electrons. The van der Waals surface area contributed by atoms with Gasteiger partial charge in [-0.1, -0.05) is 136 Å². The van der Waals surface area contributed by atoms with Crippen molar-refractivity contribution >= 4 is 23.6 Å². The van der Waals surface area contributed by atoms with Crippen LogP contribution < -0.4 is 20.3 Å². The molecule has 37 heavy (non-hydrogen) atoms. The summed E-state index contributed by atoms with van der Waals surface area (Å²) in [5, 5.41) is 4.30. The summed E-state index contributed by atoms with van der Waals surface area (Å²) in [6, 6.07) is 44.5. The van der Waals surface area contributed by atoms with E-state index >= 15 is 0 Å². The maximum absolute atomic E-state index is 6.12. The van der Waals surface area contributed by atoms with Crippen LogP contribution >= 0.6 is 0 Å². The molecule has 0 bridgehead atoms. The smallest absolute Gasteiger partial charge is 0.159 e. The van der Waals surface area contributed by atoms with E-state index < -0.39 is 8.07 Å². The van der Waals surface area contributed by atoms with E-state index in [1.54, 1.807) is 0 Å². The molecule has 0 aromatic heterocycles. The number of rotatable bonds is 4. The Balaban J connectivity index is 1.71. The normalized spacial score (nSPS) is 16.2. The Hall–Kier alpha value is -3.88. The van der Waals surface area contributed by atoms with Crippen LogP contribution in [0.15, 0.2) is 121 Å². The third-order valence-corrected chi connectivity index (χ3v) is 13.9. The molecular formula is C35H32OSi. The highest BCUT2D eigenvalue weighted by Crippen LogP contribution is 2.45. The van der Waals surface area contributed by atoms with Gasteiger partial charge >= 0.3 is 0 Å². The van der Waals surface area contributed by atoms with Gasteiger partial charge in [0.1, 0.15) is 5.75 Å². The lowest BCUT2D eigenvalue weighted by atomic mass is 10.0. The molecule has 5 aromatic carbocycles. The highest BCUT2D eigenvalue weighted by molar-refractivity contribution is 7.16. The molecule has 0 aliphatic carbocycles. The lowest BCUT2D eigenvalue weighted by Gasteiger charge is -2.43. The number of benzene rings is 5. The van der Waals surface area contributed by atoms with Gasteiger partial charge in [-0.2, -0.15) is 0 Å². The van der Waals surface area contributed by atoms with Crippen LogP contribution in [-0.2, 0) is 0 Å².